The number of para-hydroxylation sites is 1. The summed E-state index contributed by atoms with van der Waals surface area (Å²) in [6.45, 7) is 2.96. The fraction of sp³-hybridized carbons (Fsp3) is 0.286. The monoisotopic (exact) mass is 352 g/mol. The molecule has 136 valence electrons. The summed E-state index contributed by atoms with van der Waals surface area (Å²) in [6, 6.07) is 13.8. The van der Waals surface area contributed by atoms with Crippen LogP contribution in [0.3, 0.4) is 0 Å². The Balaban J connectivity index is 1.65. The molecule has 0 atom stereocenters. The van der Waals surface area contributed by atoms with Crippen LogP contribution in [-0.2, 0) is 24.8 Å². The Morgan fingerprint density at radius 2 is 1.96 bits per heavy atom. The van der Waals surface area contributed by atoms with Gasteiger partial charge in [0.05, 0.1) is 20.1 Å². The van der Waals surface area contributed by atoms with Crippen molar-refractivity contribution in [3.8, 4) is 11.5 Å². The van der Waals surface area contributed by atoms with E-state index in [2.05, 4.69) is 22.0 Å². The van der Waals surface area contributed by atoms with Crippen molar-refractivity contribution < 1.29 is 14.3 Å². The number of nitrogens with one attached hydrogen (secondary N) is 1. The maximum Gasteiger partial charge on any atom is 0.224 e. The second kappa shape index (κ2) is 7.95. The number of carbonyl (C=O) groups excluding carboxylic acids is 1. The van der Waals surface area contributed by atoms with Crippen molar-refractivity contribution in [1.29, 1.82) is 0 Å². The molecule has 0 aliphatic heterocycles. The lowest BCUT2D eigenvalue weighted by atomic mass is 10.1. The van der Waals surface area contributed by atoms with Gasteiger partial charge in [-0.3, -0.25) is 4.79 Å². The van der Waals surface area contributed by atoms with Gasteiger partial charge in [-0.15, -0.1) is 0 Å². The van der Waals surface area contributed by atoms with Gasteiger partial charge in [0.25, 0.3) is 0 Å². The molecule has 0 fully saturated rings. The number of ether oxygens (including phenoxy) is 2. The zero-order valence-corrected chi connectivity index (χ0v) is 15.4. The SMILES string of the molecule is CCOc1ccc(CNC(=O)Cc2cn(C)c3ccccc23)cc1OC. The van der Waals surface area contributed by atoms with Crippen LogP contribution in [0.25, 0.3) is 10.9 Å². The van der Waals surface area contributed by atoms with E-state index in [1.54, 1.807) is 7.11 Å². The molecule has 1 heterocycles. The van der Waals surface area contributed by atoms with E-state index in [9.17, 15) is 4.79 Å². The Morgan fingerprint density at radius 3 is 2.73 bits per heavy atom. The summed E-state index contributed by atoms with van der Waals surface area (Å²) >= 11 is 0. The lowest BCUT2D eigenvalue weighted by Crippen LogP contribution is -2.24. The molecule has 0 bridgehead atoms. The Kier molecular flexibility index (Phi) is 5.46. The first-order valence-electron chi connectivity index (χ1n) is 8.71. The van der Waals surface area contributed by atoms with E-state index in [1.807, 2.05) is 50.5 Å². The summed E-state index contributed by atoms with van der Waals surface area (Å²) in [5.74, 6) is 1.38. The number of rotatable bonds is 7. The molecule has 3 rings (SSSR count). The number of aryl methyl sites for hydroxylation is 1. The molecule has 0 aliphatic carbocycles. The van der Waals surface area contributed by atoms with Gasteiger partial charge in [-0.25, -0.2) is 0 Å². The van der Waals surface area contributed by atoms with E-state index in [4.69, 9.17) is 9.47 Å². The van der Waals surface area contributed by atoms with Crippen molar-refractivity contribution >= 4 is 16.8 Å². The first-order valence-corrected chi connectivity index (χ1v) is 8.71. The molecule has 1 N–H and O–H groups in total. The molecule has 0 radical (unpaired) electrons. The van der Waals surface area contributed by atoms with Gasteiger partial charge in [-0.05, 0) is 36.2 Å². The molecule has 26 heavy (non-hydrogen) atoms. The Bertz CT molecular complexity index is 915. The third-order valence-corrected chi connectivity index (χ3v) is 4.35. The van der Waals surface area contributed by atoms with Crippen LogP contribution in [0.2, 0.25) is 0 Å². The average molecular weight is 352 g/mol. The zero-order valence-electron chi connectivity index (χ0n) is 15.4. The predicted molar refractivity (Wildman–Crippen MR) is 103 cm³/mol. The van der Waals surface area contributed by atoms with Gasteiger partial charge in [0.15, 0.2) is 11.5 Å². The summed E-state index contributed by atoms with van der Waals surface area (Å²) in [7, 11) is 3.61. The van der Waals surface area contributed by atoms with Crippen LogP contribution in [0.4, 0.5) is 0 Å². The first kappa shape index (κ1) is 17.9. The molecule has 5 heteroatoms. The Morgan fingerprint density at radius 1 is 1.15 bits per heavy atom. The van der Waals surface area contributed by atoms with Crippen molar-refractivity contribution in [1.82, 2.24) is 9.88 Å². The fourth-order valence-electron chi connectivity index (χ4n) is 3.10. The molecule has 0 unspecified atom stereocenters. The van der Waals surface area contributed by atoms with Gasteiger partial charge in [0.1, 0.15) is 0 Å². The minimum Gasteiger partial charge on any atom is -0.493 e. The molecular formula is C21H24N2O3. The van der Waals surface area contributed by atoms with E-state index in [0.717, 1.165) is 22.0 Å². The standard InChI is InChI=1S/C21H24N2O3/c1-4-26-19-10-9-15(11-20(19)25-3)13-22-21(24)12-16-14-23(2)18-8-6-5-7-17(16)18/h5-11,14H,4,12-13H2,1-3H3,(H,22,24). The predicted octanol–water partition coefficient (Wildman–Crippen LogP) is 3.44. The molecule has 3 aromatic rings. The number of methoxy groups -OCH3 is 1. The molecule has 2 aromatic carbocycles. The third kappa shape index (κ3) is 3.82. The molecule has 1 amide bonds. The van der Waals surface area contributed by atoms with Gasteiger partial charge in [0, 0.05) is 30.7 Å². The molecule has 1 aromatic heterocycles. The van der Waals surface area contributed by atoms with E-state index >= 15 is 0 Å². The molecule has 0 saturated carbocycles. The molecular weight excluding hydrogens is 328 g/mol. The van der Waals surface area contributed by atoms with Crippen molar-refractivity contribution in [2.75, 3.05) is 13.7 Å². The number of hydrogen-bond donors (Lipinski definition) is 1. The Labute approximate surface area is 153 Å². The van der Waals surface area contributed by atoms with Crippen LogP contribution >= 0.6 is 0 Å². The minimum atomic E-state index is -0.00537. The molecule has 0 spiro atoms. The topological polar surface area (TPSA) is 52.5 Å². The van der Waals surface area contributed by atoms with E-state index in [-0.39, 0.29) is 5.91 Å². The van der Waals surface area contributed by atoms with Crippen molar-refractivity contribution in [2.45, 2.75) is 19.9 Å². The lowest BCUT2D eigenvalue weighted by molar-refractivity contribution is -0.120. The van der Waals surface area contributed by atoms with E-state index < -0.39 is 0 Å². The summed E-state index contributed by atoms with van der Waals surface area (Å²) in [5.41, 5.74) is 3.13. The lowest BCUT2D eigenvalue weighted by Gasteiger charge is -2.11. The normalized spacial score (nSPS) is 10.7. The van der Waals surface area contributed by atoms with Crippen molar-refractivity contribution in [3.63, 3.8) is 0 Å². The summed E-state index contributed by atoms with van der Waals surface area (Å²) < 4.78 is 12.9. The summed E-state index contributed by atoms with van der Waals surface area (Å²) in [4.78, 5) is 12.4. The number of aromatic nitrogens is 1. The average Bonchev–Trinajstić information content (AvgIpc) is 2.97. The van der Waals surface area contributed by atoms with Crippen LogP contribution in [0, 0.1) is 0 Å². The molecule has 0 saturated heterocycles. The summed E-state index contributed by atoms with van der Waals surface area (Å²) in [5, 5.41) is 4.10. The van der Waals surface area contributed by atoms with E-state index in [0.29, 0.717) is 31.1 Å². The summed E-state index contributed by atoms with van der Waals surface area (Å²) in [6.07, 6.45) is 2.37. The number of nitrogens with zero attached hydrogens (tertiary/aromatic N) is 1. The highest BCUT2D eigenvalue weighted by atomic mass is 16.5. The Hall–Kier alpha value is -2.95. The number of amides is 1. The number of carbonyl (C=O) groups is 1. The molecule has 5 nitrogen and oxygen atoms in total. The van der Waals surface area contributed by atoms with Crippen molar-refractivity contribution in [2.24, 2.45) is 7.05 Å². The van der Waals surface area contributed by atoms with Gasteiger partial charge < -0.3 is 19.4 Å². The fourth-order valence-corrected chi connectivity index (χ4v) is 3.10. The van der Waals surface area contributed by atoms with Gasteiger partial charge in [-0.1, -0.05) is 24.3 Å². The van der Waals surface area contributed by atoms with Crippen LogP contribution < -0.4 is 14.8 Å². The second-order valence-electron chi connectivity index (χ2n) is 6.15. The molecule has 0 aliphatic rings. The highest BCUT2D eigenvalue weighted by molar-refractivity contribution is 5.89. The van der Waals surface area contributed by atoms with Crippen molar-refractivity contribution in [3.05, 3.63) is 59.8 Å². The van der Waals surface area contributed by atoms with E-state index in [1.165, 1.54) is 0 Å². The van der Waals surface area contributed by atoms with Crippen LogP contribution in [0.15, 0.2) is 48.7 Å². The second-order valence-corrected chi connectivity index (χ2v) is 6.15. The van der Waals surface area contributed by atoms with Gasteiger partial charge >= 0.3 is 0 Å². The van der Waals surface area contributed by atoms with Gasteiger partial charge in [-0.2, -0.15) is 0 Å². The maximum atomic E-state index is 12.4. The quantitative estimate of drug-likeness (QED) is 0.709. The highest BCUT2D eigenvalue weighted by Gasteiger charge is 2.11. The smallest absolute Gasteiger partial charge is 0.224 e. The maximum absolute atomic E-state index is 12.4. The number of fused-ring (bicyclic) bond motifs is 1. The van der Waals surface area contributed by atoms with Crippen LogP contribution in [-0.4, -0.2) is 24.2 Å². The zero-order chi connectivity index (χ0) is 18.5. The van der Waals surface area contributed by atoms with Crippen LogP contribution in [0.5, 0.6) is 11.5 Å². The number of benzene rings is 2. The third-order valence-electron chi connectivity index (χ3n) is 4.35. The first-order chi connectivity index (χ1) is 12.6. The van der Waals surface area contributed by atoms with Gasteiger partial charge in [0.2, 0.25) is 5.91 Å². The minimum absolute atomic E-state index is 0.00537. The number of hydrogen-bond acceptors (Lipinski definition) is 3. The van der Waals surface area contributed by atoms with Crippen LogP contribution in [0.1, 0.15) is 18.1 Å². The highest BCUT2D eigenvalue weighted by Crippen LogP contribution is 2.28. The largest absolute Gasteiger partial charge is 0.493 e.